The molecule has 1 atom stereocenters. The Balaban J connectivity index is 2.47. The first-order valence-electron chi connectivity index (χ1n) is 7.19. The molecule has 0 aromatic heterocycles. The molecule has 0 fully saturated rings. The summed E-state index contributed by atoms with van der Waals surface area (Å²) in [6.07, 6.45) is 3.85. The smallest absolute Gasteiger partial charge is 0.408 e. The topological polar surface area (TPSA) is 75.6 Å². The summed E-state index contributed by atoms with van der Waals surface area (Å²) < 4.78 is 5.06. The van der Waals surface area contributed by atoms with E-state index in [1.807, 2.05) is 36.4 Å². The molecule has 2 N–H and O–H groups in total. The van der Waals surface area contributed by atoms with Crippen molar-refractivity contribution in [2.75, 3.05) is 0 Å². The number of amides is 1. The minimum absolute atomic E-state index is 0.210. The van der Waals surface area contributed by atoms with Gasteiger partial charge in [0.05, 0.1) is 0 Å². The summed E-state index contributed by atoms with van der Waals surface area (Å²) in [6, 6.07) is 8.84. The third-order valence-corrected chi connectivity index (χ3v) is 2.72. The van der Waals surface area contributed by atoms with E-state index in [1.54, 1.807) is 26.8 Å². The average molecular weight is 305 g/mol. The zero-order valence-electron chi connectivity index (χ0n) is 13.2. The number of carboxylic acid groups (broad SMARTS) is 1. The summed E-state index contributed by atoms with van der Waals surface area (Å²) in [6.45, 7) is 5.17. The van der Waals surface area contributed by atoms with Crippen molar-refractivity contribution in [2.45, 2.75) is 45.3 Å². The van der Waals surface area contributed by atoms with Gasteiger partial charge in [-0.3, -0.25) is 0 Å². The predicted molar refractivity (Wildman–Crippen MR) is 84.7 cm³/mol. The first kappa shape index (κ1) is 17.8. The molecule has 0 aliphatic heterocycles. The van der Waals surface area contributed by atoms with Crippen molar-refractivity contribution in [3.63, 3.8) is 0 Å². The average Bonchev–Trinajstić information content (AvgIpc) is 2.41. The van der Waals surface area contributed by atoms with Crippen LogP contribution in [0.5, 0.6) is 0 Å². The predicted octanol–water partition coefficient (Wildman–Crippen LogP) is 3.15. The van der Waals surface area contributed by atoms with Gasteiger partial charge in [-0.15, -0.1) is 0 Å². The molecule has 0 aliphatic rings. The Kier molecular flexibility index (Phi) is 6.63. The van der Waals surface area contributed by atoms with Gasteiger partial charge in [0, 0.05) is 0 Å². The van der Waals surface area contributed by atoms with Gasteiger partial charge in [0.2, 0.25) is 0 Å². The normalized spacial score (nSPS) is 12.9. The van der Waals surface area contributed by atoms with Crippen molar-refractivity contribution in [1.29, 1.82) is 0 Å². The molecule has 1 rings (SSSR count). The zero-order chi connectivity index (χ0) is 16.6. The Morgan fingerprint density at radius 1 is 1.23 bits per heavy atom. The molecule has 0 heterocycles. The fourth-order valence-electron chi connectivity index (χ4n) is 1.74. The molecule has 1 amide bonds. The third-order valence-electron chi connectivity index (χ3n) is 2.72. The standard InChI is InChI=1S/C17H23NO4/c1-17(2,3)22-16(21)18-14(15(19)20)12-8-7-11-13-9-5-4-6-10-13/h4-10,14H,11-12H2,1-3H3,(H,18,21)(H,19,20). The van der Waals surface area contributed by atoms with Crippen LogP contribution in [-0.4, -0.2) is 28.8 Å². The van der Waals surface area contributed by atoms with E-state index in [9.17, 15) is 9.59 Å². The van der Waals surface area contributed by atoms with Gasteiger partial charge in [-0.25, -0.2) is 9.59 Å². The Morgan fingerprint density at radius 3 is 2.41 bits per heavy atom. The second-order valence-electron chi connectivity index (χ2n) is 5.93. The van der Waals surface area contributed by atoms with Crippen LogP contribution in [0.1, 0.15) is 32.8 Å². The van der Waals surface area contributed by atoms with Gasteiger partial charge in [0.1, 0.15) is 11.6 Å². The molecule has 120 valence electrons. The van der Waals surface area contributed by atoms with Crippen molar-refractivity contribution in [3.8, 4) is 0 Å². The lowest BCUT2D eigenvalue weighted by atomic mass is 10.1. The Hall–Kier alpha value is -2.30. The monoisotopic (exact) mass is 305 g/mol. The molecule has 1 aromatic rings. The largest absolute Gasteiger partial charge is 0.480 e. The van der Waals surface area contributed by atoms with Crippen LogP contribution in [0.3, 0.4) is 0 Å². The fourth-order valence-corrected chi connectivity index (χ4v) is 1.74. The van der Waals surface area contributed by atoms with E-state index in [-0.39, 0.29) is 6.42 Å². The molecule has 5 nitrogen and oxygen atoms in total. The molecule has 0 radical (unpaired) electrons. The minimum atomic E-state index is -1.09. The molecule has 22 heavy (non-hydrogen) atoms. The Bertz CT molecular complexity index is 517. The third kappa shape index (κ3) is 7.47. The SMILES string of the molecule is CC(C)(C)OC(=O)NC(CC=CCc1ccccc1)C(=O)O. The highest BCUT2D eigenvalue weighted by atomic mass is 16.6. The van der Waals surface area contributed by atoms with Crippen molar-refractivity contribution in [3.05, 3.63) is 48.0 Å². The van der Waals surface area contributed by atoms with Crippen LogP contribution < -0.4 is 5.32 Å². The maximum absolute atomic E-state index is 11.6. The molecule has 0 aliphatic carbocycles. The Morgan fingerprint density at radius 2 is 1.86 bits per heavy atom. The number of alkyl carbamates (subject to hydrolysis) is 1. The Labute approximate surface area is 131 Å². The van der Waals surface area contributed by atoms with Gasteiger partial charge in [0.15, 0.2) is 0 Å². The lowest BCUT2D eigenvalue weighted by Gasteiger charge is -2.21. The van der Waals surface area contributed by atoms with Gasteiger partial charge in [-0.2, -0.15) is 0 Å². The first-order chi connectivity index (χ1) is 10.3. The van der Waals surface area contributed by atoms with Crippen LogP contribution in [0, 0.1) is 0 Å². The quantitative estimate of drug-likeness (QED) is 0.792. The van der Waals surface area contributed by atoms with Gasteiger partial charge in [-0.05, 0) is 39.2 Å². The van der Waals surface area contributed by atoms with E-state index in [4.69, 9.17) is 9.84 Å². The minimum Gasteiger partial charge on any atom is -0.480 e. The molecule has 0 saturated heterocycles. The van der Waals surface area contributed by atoms with E-state index in [2.05, 4.69) is 5.32 Å². The van der Waals surface area contributed by atoms with E-state index in [1.165, 1.54) is 0 Å². The van der Waals surface area contributed by atoms with Crippen LogP contribution in [0.2, 0.25) is 0 Å². The number of carbonyl (C=O) groups is 2. The maximum Gasteiger partial charge on any atom is 0.408 e. The lowest BCUT2D eigenvalue weighted by Crippen LogP contribution is -2.43. The summed E-state index contributed by atoms with van der Waals surface area (Å²) in [4.78, 5) is 22.8. The summed E-state index contributed by atoms with van der Waals surface area (Å²) >= 11 is 0. The van der Waals surface area contributed by atoms with Gasteiger partial charge < -0.3 is 15.2 Å². The summed E-state index contributed by atoms with van der Waals surface area (Å²) in [5.74, 6) is -1.09. The van der Waals surface area contributed by atoms with Gasteiger partial charge in [-0.1, -0.05) is 42.5 Å². The number of benzene rings is 1. The molecule has 0 bridgehead atoms. The summed E-state index contributed by atoms with van der Waals surface area (Å²) in [5.41, 5.74) is 0.488. The molecule has 0 spiro atoms. The number of carbonyl (C=O) groups excluding carboxylic acids is 1. The molecule has 0 saturated carbocycles. The van der Waals surface area contributed by atoms with Gasteiger partial charge in [0.25, 0.3) is 0 Å². The number of hydrogen-bond donors (Lipinski definition) is 2. The van der Waals surface area contributed by atoms with Crippen LogP contribution in [-0.2, 0) is 16.0 Å². The van der Waals surface area contributed by atoms with Crippen molar-refractivity contribution >= 4 is 12.1 Å². The number of hydrogen-bond acceptors (Lipinski definition) is 3. The highest BCUT2D eigenvalue weighted by Crippen LogP contribution is 2.08. The number of ether oxygens (including phenoxy) is 1. The zero-order valence-corrected chi connectivity index (χ0v) is 13.2. The number of carboxylic acids is 1. The van der Waals surface area contributed by atoms with E-state index in [0.717, 1.165) is 12.0 Å². The lowest BCUT2D eigenvalue weighted by molar-refractivity contribution is -0.139. The molecular formula is C17H23NO4. The first-order valence-corrected chi connectivity index (χ1v) is 7.19. The van der Waals surface area contributed by atoms with Crippen LogP contribution in [0.25, 0.3) is 0 Å². The number of rotatable bonds is 6. The van der Waals surface area contributed by atoms with Crippen molar-refractivity contribution in [2.24, 2.45) is 0 Å². The van der Waals surface area contributed by atoms with E-state index >= 15 is 0 Å². The highest BCUT2D eigenvalue weighted by Gasteiger charge is 2.22. The van der Waals surface area contributed by atoms with E-state index in [0.29, 0.717) is 0 Å². The fraction of sp³-hybridized carbons (Fsp3) is 0.412. The second-order valence-corrected chi connectivity index (χ2v) is 5.93. The van der Waals surface area contributed by atoms with Crippen molar-refractivity contribution < 1.29 is 19.4 Å². The number of aliphatic carboxylic acids is 1. The van der Waals surface area contributed by atoms with Crippen molar-refractivity contribution in [1.82, 2.24) is 5.32 Å². The summed E-state index contributed by atoms with van der Waals surface area (Å²) in [7, 11) is 0. The second kappa shape index (κ2) is 8.22. The van der Waals surface area contributed by atoms with Crippen LogP contribution >= 0.6 is 0 Å². The van der Waals surface area contributed by atoms with Crippen LogP contribution in [0.4, 0.5) is 4.79 Å². The molecular weight excluding hydrogens is 282 g/mol. The summed E-state index contributed by atoms with van der Waals surface area (Å²) in [5, 5.41) is 11.5. The highest BCUT2D eigenvalue weighted by molar-refractivity contribution is 5.80. The molecule has 5 heteroatoms. The van der Waals surface area contributed by atoms with Gasteiger partial charge >= 0.3 is 12.1 Å². The number of allylic oxidation sites excluding steroid dienone is 1. The van der Waals surface area contributed by atoms with Crippen LogP contribution in [0.15, 0.2) is 42.5 Å². The molecule has 1 aromatic carbocycles. The molecule has 1 unspecified atom stereocenters. The number of nitrogens with one attached hydrogen (secondary N) is 1. The van der Waals surface area contributed by atoms with E-state index < -0.39 is 23.7 Å². The maximum atomic E-state index is 11.6.